The van der Waals surface area contributed by atoms with E-state index in [0.29, 0.717) is 0 Å². The molecule has 0 saturated heterocycles. The SMILES string of the molecule is C#CCOc1cc(F)c(C(C)(C)C)c(F)c1. The molecule has 1 rings (SSSR count). The normalized spacial score (nSPS) is 11.0. The fraction of sp³-hybridized carbons (Fsp3) is 0.385. The van der Waals surface area contributed by atoms with Crippen LogP contribution in [-0.2, 0) is 5.41 Å². The van der Waals surface area contributed by atoms with E-state index in [2.05, 4.69) is 5.92 Å². The smallest absolute Gasteiger partial charge is 0.148 e. The molecule has 0 heterocycles. The summed E-state index contributed by atoms with van der Waals surface area (Å²) in [5.41, 5.74) is -0.528. The van der Waals surface area contributed by atoms with E-state index in [1.807, 2.05) is 0 Å². The average molecular weight is 224 g/mol. The third-order valence-corrected chi connectivity index (χ3v) is 2.09. The molecule has 0 aliphatic rings. The maximum absolute atomic E-state index is 13.7. The van der Waals surface area contributed by atoms with E-state index in [9.17, 15) is 8.78 Å². The van der Waals surface area contributed by atoms with Gasteiger partial charge in [-0.3, -0.25) is 0 Å². The molecule has 0 aromatic heterocycles. The van der Waals surface area contributed by atoms with Crippen LogP contribution in [0.25, 0.3) is 0 Å². The lowest BCUT2D eigenvalue weighted by molar-refractivity contribution is 0.361. The second-order valence-electron chi connectivity index (χ2n) is 4.50. The van der Waals surface area contributed by atoms with Gasteiger partial charge in [0.05, 0.1) is 0 Å². The van der Waals surface area contributed by atoms with Crippen LogP contribution in [0.15, 0.2) is 12.1 Å². The summed E-state index contributed by atoms with van der Waals surface area (Å²) in [7, 11) is 0. The third-order valence-electron chi connectivity index (χ3n) is 2.09. The Morgan fingerprint density at radius 2 is 1.75 bits per heavy atom. The first-order chi connectivity index (χ1) is 7.36. The largest absolute Gasteiger partial charge is 0.481 e. The quantitative estimate of drug-likeness (QED) is 0.700. The predicted octanol–water partition coefficient (Wildman–Crippen LogP) is 3.27. The third kappa shape index (κ3) is 2.73. The number of rotatable bonds is 2. The molecule has 0 amide bonds. The Labute approximate surface area is 94.4 Å². The standard InChI is InChI=1S/C13H14F2O/c1-5-6-16-9-7-10(14)12(11(15)8-9)13(2,3)4/h1,7-8H,6H2,2-4H3. The van der Waals surface area contributed by atoms with E-state index < -0.39 is 17.0 Å². The Morgan fingerprint density at radius 1 is 1.25 bits per heavy atom. The monoisotopic (exact) mass is 224 g/mol. The van der Waals surface area contributed by atoms with E-state index >= 15 is 0 Å². The zero-order valence-electron chi connectivity index (χ0n) is 9.60. The van der Waals surface area contributed by atoms with Gasteiger partial charge in [0.2, 0.25) is 0 Å². The number of hydrogen-bond donors (Lipinski definition) is 0. The lowest BCUT2D eigenvalue weighted by atomic mass is 9.86. The molecule has 1 aromatic carbocycles. The van der Waals surface area contributed by atoms with E-state index in [1.165, 1.54) is 0 Å². The van der Waals surface area contributed by atoms with Crippen molar-refractivity contribution in [3.05, 3.63) is 29.3 Å². The summed E-state index contributed by atoms with van der Waals surface area (Å²) in [4.78, 5) is 0. The minimum Gasteiger partial charge on any atom is -0.481 e. The molecule has 3 heteroatoms. The summed E-state index contributed by atoms with van der Waals surface area (Å²) in [6, 6.07) is 2.31. The van der Waals surface area contributed by atoms with Crippen LogP contribution in [0, 0.1) is 24.0 Å². The molecule has 0 fully saturated rings. The zero-order chi connectivity index (χ0) is 12.3. The molecule has 0 aliphatic heterocycles. The molecule has 0 saturated carbocycles. The van der Waals surface area contributed by atoms with Gasteiger partial charge in [-0.2, -0.15) is 0 Å². The first-order valence-electron chi connectivity index (χ1n) is 4.92. The lowest BCUT2D eigenvalue weighted by Crippen LogP contribution is -2.16. The summed E-state index contributed by atoms with van der Waals surface area (Å²) in [6.07, 6.45) is 4.99. The Balaban J connectivity index is 3.14. The topological polar surface area (TPSA) is 9.23 Å². The first-order valence-corrected chi connectivity index (χ1v) is 4.92. The maximum atomic E-state index is 13.7. The van der Waals surface area contributed by atoms with Gasteiger partial charge in [0, 0.05) is 17.7 Å². The number of benzene rings is 1. The fourth-order valence-corrected chi connectivity index (χ4v) is 1.47. The molecular weight excluding hydrogens is 210 g/mol. The van der Waals surface area contributed by atoms with E-state index in [0.717, 1.165) is 12.1 Å². The Bertz CT molecular complexity index is 402. The summed E-state index contributed by atoms with van der Waals surface area (Å²) in [5.74, 6) is 1.12. The highest BCUT2D eigenvalue weighted by Gasteiger charge is 2.23. The van der Waals surface area contributed by atoms with Gasteiger partial charge in [0.1, 0.15) is 24.0 Å². The van der Waals surface area contributed by atoms with Crippen LogP contribution < -0.4 is 4.74 Å². The fourth-order valence-electron chi connectivity index (χ4n) is 1.47. The summed E-state index contributed by atoms with van der Waals surface area (Å²) in [5, 5.41) is 0. The molecule has 0 atom stereocenters. The molecule has 0 unspecified atom stereocenters. The van der Waals surface area contributed by atoms with Crippen molar-refractivity contribution in [1.29, 1.82) is 0 Å². The van der Waals surface area contributed by atoms with Gasteiger partial charge < -0.3 is 4.74 Å². The molecule has 0 radical (unpaired) electrons. The molecular formula is C13H14F2O. The first kappa shape index (κ1) is 12.5. The second-order valence-corrected chi connectivity index (χ2v) is 4.50. The van der Waals surface area contributed by atoms with Crippen molar-refractivity contribution >= 4 is 0 Å². The minimum absolute atomic E-state index is 0.00621. The van der Waals surface area contributed by atoms with Crippen molar-refractivity contribution in [2.45, 2.75) is 26.2 Å². The Morgan fingerprint density at radius 3 is 2.12 bits per heavy atom. The summed E-state index contributed by atoms with van der Waals surface area (Å²) in [6.45, 7) is 5.23. The van der Waals surface area contributed by atoms with Crippen LogP contribution >= 0.6 is 0 Å². The summed E-state index contributed by atoms with van der Waals surface area (Å²) >= 11 is 0. The highest BCUT2D eigenvalue weighted by molar-refractivity contribution is 5.34. The van der Waals surface area contributed by atoms with Gasteiger partial charge in [0.15, 0.2) is 0 Å². The number of hydrogen-bond acceptors (Lipinski definition) is 1. The minimum atomic E-state index is -0.612. The van der Waals surface area contributed by atoms with Crippen molar-refractivity contribution < 1.29 is 13.5 Å². The van der Waals surface area contributed by atoms with Crippen molar-refractivity contribution in [3.8, 4) is 18.1 Å². The van der Waals surface area contributed by atoms with Gasteiger partial charge in [-0.05, 0) is 5.41 Å². The van der Waals surface area contributed by atoms with Crippen molar-refractivity contribution in [2.24, 2.45) is 0 Å². The molecule has 86 valence electrons. The molecule has 1 aromatic rings. The van der Waals surface area contributed by atoms with E-state index in [1.54, 1.807) is 20.8 Å². The van der Waals surface area contributed by atoms with Crippen LogP contribution in [0.3, 0.4) is 0 Å². The van der Waals surface area contributed by atoms with Crippen LogP contribution in [0.2, 0.25) is 0 Å². The second kappa shape index (κ2) is 4.52. The Kier molecular flexibility index (Phi) is 3.54. The van der Waals surface area contributed by atoms with Crippen molar-refractivity contribution in [3.63, 3.8) is 0 Å². The van der Waals surface area contributed by atoms with Crippen LogP contribution in [0.5, 0.6) is 5.75 Å². The molecule has 1 nitrogen and oxygen atoms in total. The van der Waals surface area contributed by atoms with Crippen LogP contribution in [-0.4, -0.2) is 6.61 Å². The molecule has 0 N–H and O–H groups in total. The highest BCUT2D eigenvalue weighted by atomic mass is 19.1. The Hall–Kier alpha value is -1.56. The van der Waals surface area contributed by atoms with Gasteiger partial charge in [-0.1, -0.05) is 26.7 Å². The maximum Gasteiger partial charge on any atom is 0.148 e. The van der Waals surface area contributed by atoms with Gasteiger partial charge in [-0.15, -0.1) is 6.42 Å². The average Bonchev–Trinajstić information content (AvgIpc) is 2.11. The van der Waals surface area contributed by atoms with Crippen LogP contribution in [0.1, 0.15) is 26.3 Å². The van der Waals surface area contributed by atoms with Crippen LogP contribution in [0.4, 0.5) is 8.78 Å². The van der Waals surface area contributed by atoms with Crippen molar-refractivity contribution in [1.82, 2.24) is 0 Å². The van der Waals surface area contributed by atoms with E-state index in [4.69, 9.17) is 11.2 Å². The number of ether oxygens (including phenoxy) is 1. The number of halogens is 2. The van der Waals surface area contributed by atoms with Gasteiger partial charge in [-0.25, -0.2) is 8.78 Å². The molecule has 0 aliphatic carbocycles. The highest BCUT2D eigenvalue weighted by Crippen LogP contribution is 2.30. The van der Waals surface area contributed by atoms with Gasteiger partial charge >= 0.3 is 0 Å². The zero-order valence-corrected chi connectivity index (χ0v) is 9.60. The van der Waals surface area contributed by atoms with Gasteiger partial charge in [0.25, 0.3) is 0 Å². The summed E-state index contributed by atoms with van der Waals surface area (Å²) < 4.78 is 32.3. The predicted molar refractivity (Wildman–Crippen MR) is 59.4 cm³/mol. The lowest BCUT2D eigenvalue weighted by Gasteiger charge is -2.21. The molecule has 0 bridgehead atoms. The molecule has 0 spiro atoms. The van der Waals surface area contributed by atoms with E-state index in [-0.39, 0.29) is 17.9 Å². The molecule has 16 heavy (non-hydrogen) atoms. The number of terminal acetylenes is 1. The van der Waals surface area contributed by atoms with Crippen molar-refractivity contribution in [2.75, 3.05) is 6.61 Å².